The average Bonchev–Trinajstić information content (AvgIpc) is 2.66. The molecule has 0 atom stereocenters. The molecule has 0 fully saturated rings. The molecule has 0 unspecified atom stereocenters. The molecule has 0 aliphatic carbocycles. The fourth-order valence-corrected chi connectivity index (χ4v) is 2.85. The number of unbranched alkanes of at least 4 members (excludes halogenated alkanes) is 5. The van der Waals surface area contributed by atoms with E-state index in [1.165, 1.54) is 12.8 Å². The SMILES string of the molecule is CC(C)(c1ccc(O)cc1)c1ccc(O)cc1.OCCCCCCCCO. The largest absolute Gasteiger partial charge is 0.508 e. The van der Waals surface area contributed by atoms with E-state index < -0.39 is 0 Å². The van der Waals surface area contributed by atoms with Gasteiger partial charge in [0.05, 0.1) is 0 Å². The third kappa shape index (κ3) is 8.46. The lowest BCUT2D eigenvalue weighted by atomic mass is 9.78. The van der Waals surface area contributed by atoms with Crippen molar-refractivity contribution in [2.24, 2.45) is 0 Å². The van der Waals surface area contributed by atoms with Crippen LogP contribution in [0.3, 0.4) is 0 Å². The Kier molecular flexibility index (Phi) is 10.5. The molecule has 4 N–H and O–H groups in total. The molecule has 0 aliphatic rings. The zero-order valence-corrected chi connectivity index (χ0v) is 16.6. The van der Waals surface area contributed by atoms with Crippen molar-refractivity contribution in [1.82, 2.24) is 0 Å². The highest BCUT2D eigenvalue weighted by molar-refractivity contribution is 5.41. The van der Waals surface area contributed by atoms with Gasteiger partial charge in [0.2, 0.25) is 0 Å². The van der Waals surface area contributed by atoms with E-state index in [4.69, 9.17) is 10.2 Å². The fourth-order valence-electron chi connectivity index (χ4n) is 2.85. The van der Waals surface area contributed by atoms with Gasteiger partial charge in [-0.1, -0.05) is 63.8 Å². The highest BCUT2D eigenvalue weighted by atomic mass is 16.3. The van der Waals surface area contributed by atoms with E-state index in [1.807, 2.05) is 24.3 Å². The Morgan fingerprint density at radius 3 is 1.15 bits per heavy atom. The molecule has 0 saturated heterocycles. The number of aromatic hydroxyl groups is 2. The van der Waals surface area contributed by atoms with E-state index in [0.29, 0.717) is 13.2 Å². The minimum atomic E-state index is -0.151. The summed E-state index contributed by atoms with van der Waals surface area (Å²) in [5.41, 5.74) is 2.10. The number of aliphatic hydroxyl groups excluding tert-OH is 2. The smallest absolute Gasteiger partial charge is 0.115 e. The van der Waals surface area contributed by atoms with Crippen LogP contribution in [0.15, 0.2) is 48.5 Å². The summed E-state index contributed by atoms with van der Waals surface area (Å²) < 4.78 is 0. The van der Waals surface area contributed by atoms with Crippen molar-refractivity contribution < 1.29 is 20.4 Å². The van der Waals surface area contributed by atoms with Crippen LogP contribution in [-0.4, -0.2) is 33.6 Å². The summed E-state index contributed by atoms with van der Waals surface area (Å²) in [6.07, 6.45) is 6.50. The van der Waals surface area contributed by atoms with E-state index in [9.17, 15) is 10.2 Å². The fraction of sp³-hybridized carbons (Fsp3) is 0.478. The Bertz CT molecular complexity index is 562. The summed E-state index contributed by atoms with van der Waals surface area (Å²) in [5, 5.41) is 35.5. The summed E-state index contributed by atoms with van der Waals surface area (Å²) in [5.74, 6) is 0.547. The monoisotopic (exact) mass is 374 g/mol. The predicted octanol–water partition coefficient (Wildman–Crippen LogP) is 4.74. The van der Waals surface area contributed by atoms with Gasteiger partial charge in [0.25, 0.3) is 0 Å². The topological polar surface area (TPSA) is 80.9 Å². The Morgan fingerprint density at radius 1 is 0.556 bits per heavy atom. The van der Waals surface area contributed by atoms with E-state index in [0.717, 1.165) is 36.8 Å². The maximum absolute atomic E-state index is 9.30. The highest BCUT2D eigenvalue weighted by Gasteiger charge is 2.22. The van der Waals surface area contributed by atoms with Crippen molar-refractivity contribution in [1.29, 1.82) is 0 Å². The molecule has 2 aromatic carbocycles. The number of rotatable bonds is 9. The molecule has 2 rings (SSSR count). The van der Waals surface area contributed by atoms with E-state index >= 15 is 0 Å². The van der Waals surface area contributed by atoms with Crippen molar-refractivity contribution in [3.8, 4) is 11.5 Å². The van der Waals surface area contributed by atoms with Gasteiger partial charge < -0.3 is 20.4 Å². The molecule has 0 aliphatic heterocycles. The lowest BCUT2D eigenvalue weighted by molar-refractivity contribution is 0.275. The van der Waals surface area contributed by atoms with Gasteiger partial charge in [-0.3, -0.25) is 0 Å². The van der Waals surface area contributed by atoms with Crippen molar-refractivity contribution in [2.75, 3.05) is 13.2 Å². The van der Waals surface area contributed by atoms with E-state index in [2.05, 4.69) is 13.8 Å². The second-order valence-electron chi connectivity index (χ2n) is 7.29. The number of benzene rings is 2. The number of aliphatic hydroxyl groups is 2. The minimum absolute atomic E-state index is 0.151. The van der Waals surface area contributed by atoms with Crippen molar-refractivity contribution in [3.63, 3.8) is 0 Å². The van der Waals surface area contributed by atoms with Crippen LogP contribution in [0.4, 0.5) is 0 Å². The van der Waals surface area contributed by atoms with E-state index in [-0.39, 0.29) is 16.9 Å². The summed E-state index contributed by atoms with van der Waals surface area (Å²) >= 11 is 0. The van der Waals surface area contributed by atoms with Gasteiger partial charge in [-0.15, -0.1) is 0 Å². The molecule has 0 saturated carbocycles. The molecule has 4 heteroatoms. The lowest BCUT2D eigenvalue weighted by Crippen LogP contribution is -2.18. The Labute approximate surface area is 163 Å². The van der Waals surface area contributed by atoms with E-state index in [1.54, 1.807) is 24.3 Å². The molecule has 0 spiro atoms. The molecule has 0 radical (unpaired) electrons. The molecular weight excluding hydrogens is 340 g/mol. The first-order valence-corrected chi connectivity index (χ1v) is 9.72. The summed E-state index contributed by atoms with van der Waals surface area (Å²) in [6, 6.07) is 14.4. The maximum Gasteiger partial charge on any atom is 0.115 e. The molecule has 150 valence electrons. The summed E-state index contributed by atoms with van der Waals surface area (Å²) in [6.45, 7) is 4.87. The Morgan fingerprint density at radius 2 is 0.852 bits per heavy atom. The molecule has 0 heterocycles. The number of phenolic OH excluding ortho intramolecular Hbond substituents is 2. The third-order valence-corrected chi connectivity index (χ3v) is 4.74. The maximum atomic E-state index is 9.30. The zero-order chi connectivity index (χ0) is 20.1. The normalized spacial score (nSPS) is 11.0. The van der Waals surface area contributed by atoms with Gasteiger partial charge in [-0.2, -0.15) is 0 Å². The summed E-state index contributed by atoms with van der Waals surface area (Å²) in [7, 11) is 0. The quantitative estimate of drug-likeness (QED) is 0.478. The van der Waals surface area contributed by atoms with Crippen LogP contribution in [0.1, 0.15) is 63.5 Å². The predicted molar refractivity (Wildman–Crippen MR) is 110 cm³/mol. The first-order valence-electron chi connectivity index (χ1n) is 9.72. The van der Waals surface area contributed by atoms with Crippen LogP contribution >= 0.6 is 0 Å². The molecular formula is C23H34O4. The standard InChI is InChI=1S/C15H16O2.C8H18O2/c1-15(2,11-3-7-13(16)8-4-11)12-5-9-14(17)10-6-12;9-7-5-3-1-2-4-6-8-10/h3-10,16-17H,1-2H3;9-10H,1-8H2. The van der Waals surface area contributed by atoms with Gasteiger partial charge in [-0.25, -0.2) is 0 Å². The van der Waals surface area contributed by atoms with Crippen LogP contribution in [0, 0.1) is 0 Å². The van der Waals surface area contributed by atoms with Crippen molar-refractivity contribution >= 4 is 0 Å². The second kappa shape index (κ2) is 12.4. The lowest BCUT2D eigenvalue weighted by Gasteiger charge is -2.26. The van der Waals surface area contributed by atoms with Crippen LogP contribution < -0.4 is 0 Å². The molecule has 0 bridgehead atoms. The van der Waals surface area contributed by atoms with Crippen molar-refractivity contribution in [2.45, 2.75) is 57.8 Å². The van der Waals surface area contributed by atoms with Crippen molar-refractivity contribution in [3.05, 3.63) is 59.7 Å². The van der Waals surface area contributed by atoms with Crippen LogP contribution in [0.25, 0.3) is 0 Å². The highest BCUT2D eigenvalue weighted by Crippen LogP contribution is 2.32. The minimum Gasteiger partial charge on any atom is -0.508 e. The number of hydrogen-bond acceptors (Lipinski definition) is 4. The zero-order valence-electron chi connectivity index (χ0n) is 16.6. The first-order chi connectivity index (χ1) is 12.9. The third-order valence-electron chi connectivity index (χ3n) is 4.74. The molecule has 27 heavy (non-hydrogen) atoms. The van der Waals surface area contributed by atoms with Gasteiger partial charge in [-0.05, 0) is 48.2 Å². The van der Waals surface area contributed by atoms with Crippen LogP contribution in [0.2, 0.25) is 0 Å². The Hall–Kier alpha value is -2.04. The number of hydrogen-bond donors (Lipinski definition) is 4. The van der Waals surface area contributed by atoms with Gasteiger partial charge >= 0.3 is 0 Å². The molecule has 4 nitrogen and oxygen atoms in total. The first kappa shape index (κ1) is 23.0. The number of phenols is 2. The van der Waals surface area contributed by atoms with Gasteiger partial charge in [0.1, 0.15) is 11.5 Å². The average molecular weight is 375 g/mol. The molecule has 0 amide bonds. The molecule has 2 aromatic rings. The summed E-state index contributed by atoms with van der Waals surface area (Å²) in [4.78, 5) is 0. The van der Waals surface area contributed by atoms with Crippen LogP contribution in [-0.2, 0) is 5.41 Å². The second-order valence-corrected chi connectivity index (χ2v) is 7.29. The van der Waals surface area contributed by atoms with Crippen LogP contribution in [0.5, 0.6) is 11.5 Å². The molecule has 0 aromatic heterocycles. The Balaban J connectivity index is 0.000000314. The van der Waals surface area contributed by atoms with Gasteiger partial charge in [0, 0.05) is 18.6 Å². The van der Waals surface area contributed by atoms with Gasteiger partial charge in [0.15, 0.2) is 0 Å².